The van der Waals surface area contributed by atoms with Crippen molar-refractivity contribution in [2.45, 2.75) is 104 Å². The van der Waals surface area contributed by atoms with Crippen molar-refractivity contribution in [3.8, 4) is 22.4 Å². The van der Waals surface area contributed by atoms with Crippen LogP contribution in [0, 0.1) is 5.41 Å². The zero-order chi connectivity index (χ0) is 30.6. The smallest absolute Gasteiger partial charge is 0.0542 e. The Hall–Kier alpha value is -3.21. The molecular weight excluding hydrogens is 524 g/mol. The molecule has 4 heteroatoms. The molecule has 1 atom stereocenters. The van der Waals surface area contributed by atoms with E-state index in [2.05, 4.69) is 124 Å². The Balaban J connectivity index is 1.64. The molecule has 1 fully saturated rings. The Bertz CT molecular complexity index is 1550. The first-order valence-corrected chi connectivity index (χ1v) is 16.5. The van der Waals surface area contributed by atoms with Gasteiger partial charge in [0.1, 0.15) is 0 Å². The van der Waals surface area contributed by atoms with Gasteiger partial charge in [0.2, 0.25) is 0 Å². The third-order valence-electron chi connectivity index (χ3n) is 9.33. The Kier molecular flexibility index (Phi) is 9.58. The number of nitrogens with zero attached hydrogens (tertiary/aromatic N) is 2. The normalized spacial score (nSPS) is 17.8. The highest BCUT2D eigenvalue weighted by molar-refractivity contribution is 5.95. The Morgan fingerprint density at radius 3 is 2.65 bits per heavy atom. The van der Waals surface area contributed by atoms with Gasteiger partial charge in [-0.15, -0.1) is 6.58 Å². The monoisotopic (exact) mass is 576 g/mol. The van der Waals surface area contributed by atoms with Crippen LogP contribution in [0.1, 0.15) is 96.4 Å². The Labute approximate surface area is 260 Å². The zero-order valence-electron chi connectivity index (χ0n) is 27.4. The third kappa shape index (κ3) is 6.97. The van der Waals surface area contributed by atoms with Gasteiger partial charge in [0.15, 0.2) is 0 Å². The molecule has 1 unspecified atom stereocenters. The second-order valence-electron chi connectivity index (χ2n) is 14.0. The second kappa shape index (κ2) is 13.2. The highest BCUT2D eigenvalue weighted by Gasteiger charge is 2.28. The molecule has 0 aliphatic carbocycles. The molecule has 2 aromatic heterocycles. The predicted molar refractivity (Wildman–Crippen MR) is 184 cm³/mol. The van der Waals surface area contributed by atoms with Gasteiger partial charge in [0.05, 0.1) is 11.4 Å². The maximum Gasteiger partial charge on any atom is 0.0542 e. The summed E-state index contributed by atoms with van der Waals surface area (Å²) in [6.07, 6.45) is 11.8. The van der Waals surface area contributed by atoms with Gasteiger partial charge in [0, 0.05) is 41.3 Å². The second-order valence-corrected chi connectivity index (χ2v) is 14.0. The average molecular weight is 577 g/mol. The number of rotatable bonds is 11. The molecule has 4 nitrogen and oxygen atoms in total. The standard InChI is InChI=1S/C39H52N4/c1-8-10-20-38(5,6)27-34-33-25-31(30-16-13-15-29(24-30)26-39(7)21-11-12-23-41-42-39)18-19-35(33)43(9-2)37(34)32-17-14-22-40-36(32)28(3)4/h8,13-19,22,24-25,28,41-42H,1,9-12,20-21,23,26-27H2,2-7H3. The molecule has 0 spiro atoms. The van der Waals surface area contributed by atoms with E-state index in [1.807, 2.05) is 6.20 Å². The third-order valence-corrected chi connectivity index (χ3v) is 9.33. The quantitative estimate of drug-likeness (QED) is 0.175. The fourth-order valence-corrected chi connectivity index (χ4v) is 7.07. The van der Waals surface area contributed by atoms with Crippen LogP contribution in [0.15, 0.2) is 73.4 Å². The molecule has 0 radical (unpaired) electrons. The molecule has 1 aliphatic heterocycles. The lowest BCUT2D eigenvalue weighted by atomic mass is 9.80. The minimum absolute atomic E-state index is 0.0638. The van der Waals surface area contributed by atoms with E-state index < -0.39 is 0 Å². The molecule has 1 aliphatic rings. The van der Waals surface area contributed by atoms with Crippen molar-refractivity contribution in [2.24, 2.45) is 5.41 Å². The Morgan fingerprint density at radius 1 is 1.07 bits per heavy atom. The van der Waals surface area contributed by atoms with Crippen LogP contribution < -0.4 is 10.9 Å². The van der Waals surface area contributed by atoms with E-state index >= 15 is 0 Å². The van der Waals surface area contributed by atoms with Crippen LogP contribution in [0.4, 0.5) is 0 Å². The van der Waals surface area contributed by atoms with E-state index in [4.69, 9.17) is 4.98 Å². The van der Waals surface area contributed by atoms with Crippen LogP contribution in [0.5, 0.6) is 0 Å². The molecule has 1 saturated heterocycles. The van der Waals surface area contributed by atoms with Crippen LogP contribution in [-0.4, -0.2) is 21.6 Å². The summed E-state index contributed by atoms with van der Waals surface area (Å²) in [5, 5.41) is 1.37. The van der Waals surface area contributed by atoms with Gasteiger partial charge < -0.3 is 4.57 Å². The van der Waals surface area contributed by atoms with Gasteiger partial charge in [0.25, 0.3) is 0 Å². The SMILES string of the molecule is C=CCCC(C)(C)Cc1c(-c2cccnc2C(C)C)n(CC)c2ccc(-c3cccc(CC4(C)CCCCNN4)c3)cc12. The van der Waals surface area contributed by atoms with E-state index in [0.29, 0.717) is 5.92 Å². The average Bonchev–Trinajstić information content (AvgIpc) is 3.12. The maximum atomic E-state index is 4.89. The van der Waals surface area contributed by atoms with E-state index in [1.165, 1.54) is 69.4 Å². The fourth-order valence-electron chi connectivity index (χ4n) is 7.07. The van der Waals surface area contributed by atoms with Gasteiger partial charge in [-0.3, -0.25) is 15.8 Å². The highest BCUT2D eigenvalue weighted by atomic mass is 15.4. The van der Waals surface area contributed by atoms with E-state index in [0.717, 1.165) is 38.8 Å². The summed E-state index contributed by atoms with van der Waals surface area (Å²) in [5.41, 5.74) is 17.7. The molecule has 43 heavy (non-hydrogen) atoms. The van der Waals surface area contributed by atoms with Crippen LogP contribution >= 0.6 is 0 Å². The summed E-state index contributed by atoms with van der Waals surface area (Å²) in [4.78, 5) is 4.89. The molecule has 4 aromatic rings. The summed E-state index contributed by atoms with van der Waals surface area (Å²) in [5.74, 6) is 0.347. The lowest BCUT2D eigenvalue weighted by Gasteiger charge is -2.29. The number of nitrogens with one attached hydrogen (secondary N) is 2. The molecule has 2 N–H and O–H groups in total. The van der Waals surface area contributed by atoms with Crippen molar-refractivity contribution in [1.29, 1.82) is 0 Å². The lowest BCUT2D eigenvalue weighted by molar-refractivity contribution is 0.307. The topological polar surface area (TPSA) is 41.9 Å². The molecule has 5 rings (SSSR count). The number of hydrogen-bond acceptors (Lipinski definition) is 3. The fraction of sp³-hybridized carbons (Fsp3) is 0.462. The van der Waals surface area contributed by atoms with E-state index in [-0.39, 0.29) is 11.0 Å². The minimum atomic E-state index is 0.0638. The largest absolute Gasteiger partial charge is 0.340 e. The molecule has 3 heterocycles. The first-order valence-electron chi connectivity index (χ1n) is 16.5. The van der Waals surface area contributed by atoms with Gasteiger partial charge in [-0.05, 0) is 110 Å². The van der Waals surface area contributed by atoms with E-state index in [1.54, 1.807) is 0 Å². The first-order chi connectivity index (χ1) is 20.6. The van der Waals surface area contributed by atoms with Crippen molar-refractivity contribution < 1.29 is 0 Å². The number of aromatic nitrogens is 2. The highest BCUT2D eigenvalue weighted by Crippen LogP contribution is 2.42. The number of allylic oxidation sites excluding steroid dienone is 1. The number of aryl methyl sites for hydroxylation is 1. The molecule has 2 aromatic carbocycles. The van der Waals surface area contributed by atoms with Gasteiger partial charge >= 0.3 is 0 Å². The predicted octanol–water partition coefficient (Wildman–Crippen LogP) is 9.63. The van der Waals surface area contributed by atoms with Gasteiger partial charge in [-0.2, -0.15) is 0 Å². The van der Waals surface area contributed by atoms with Crippen LogP contribution in [0.2, 0.25) is 0 Å². The van der Waals surface area contributed by atoms with Crippen molar-refractivity contribution in [2.75, 3.05) is 6.54 Å². The van der Waals surface area contributed by atoms with Gasteiger partial charge in [-0.25, -0.2) is 0 Å². The molecular formula is C39H52N4. The number of hydrazine groups is 1. The van der Waals surface area contributed by atoms with Crippen LogP contribution in [0.25, 0.3) is 33.3 Å². The number of fused-ring (bicyclic) bond motifs is 1. The number of pyridine rings is 1. The van der Waals surface area contributed by atoms with Gasteiger partial charge in [-0.1, -0.05) is 70.5 Å². The van der Waals surface area contributed by atoms with Crippen LogP contribution in [0.3, 0.4) is 0 Å². The maximum absolute atomic E-state index is 4.89. The molecule has 0 bridgehead atoms. The number of hydrogen-bond donors (Lipinski definition) is 2. The van der Waals surface area contributed by atoms with Crippen molar-refractivity contribution in [3.63, 3.8) is 0 Å². The van der Waals surface area contributed by atoms with Crippen molar-refractivity contribution >= 4 is 10.9 Å². The summed E-state index contributed by atoms with van der Waals surface area (Å²) >= 11 is 0. The van der Waals surface area contributed by atoms with Crippen molar-refractivity contribution in [3.05, 3.63) is 90.3 Å². The minimum Gasteiger partial charge on any atom is -0.340 e. The summed E-state index contributed by atoms with van der Waals surface area (Å²) < 4.78 is 2.53. The number of benzene rings is 2. The lowest BCUT2D eigenvalue weighted by Crippen LogP contribution is -2.50. The molecule has 228 valence electrons. The molecule has 0 amide bonds. The summed E-state index contributed by atoms with van der Waals surface area (Å²) in [6, 6.07) is 20.7. The van der Waals surface area contributed by atoms with Crippen LogP contribution in [-0.2, 0) is 19.4 Å². The zero-order valence-corrected chi connectivity index (χ0v) is 27.4. The van der Waals surface area contributed by atoms with Crippen molar-refractivity contribution in [1.82, 2.24) is 20.4 Å². The summed E-state index contributed by atoms with van der Waals surface area (Å²) in [7, 11) is 0. The molecule has 0 saturated carbocycles. The summed E-state index contributed by atoms with van der Waals surface area (Å²) in [6.45, 7) is 19.9. The first kappa shape index (κ1) is 31.2. The van der Waals surface area contributed by atoms with E-state index in [9.17, 15) is 0 Å². The Morgan fingerprint density at radius 2 is 1.88 bits per heavy atom.